The first-order chi connectivity index (χ1) is 6.74. The maximum Gasteiger partial charge on any atom is 0.122 e. The molecule has 2 atom stereocenters. The summed E-state index contributed by atoms with van der Waals surface area (Å²) in [5.41, 5.74) is 8.76. The van der Waals surface area contributed by atoms with Gasteiger partial charge in [0.2, 0.25) is 0 Å². The molecule has 0 radical (unpaired) electrons. The zero-order chi connectivity index (χ0) is 10.1. The van der Waals surface area contributed by atoms with Crippen molar-refractivity contribution in [3.63, 3.8) is 0 Å². The van der Waals surface area contributed by atoms with Crippen molar-refractivity contribution in [2.24, 2.45) is 5.73 Å². The lowest BCUT2D eigenvalue weighted by molar-refractivity contribution is 0.399. The molecule has 0 saturated carbocycles. The molecule has 14 heavy (non-hydrogen) atoms. The van der Waals surface area contributed by atoms with Gasteiger partial charge in [0.1, 0.15) is 5.75 Å². The van der Waals surface area contributed by atoms with Gasteiger partial charge in [-0.1, -0.05) is 19.1 Å². The molecule has 1 aromatic rings. The Bertz CT molecular complexity index is 335. The van der Waals surface area contributed by atoms with Crippen LogP contribution in [0.4, 0.5) is 0 Å². The molecule has 0 saturated heterocycles. The molecule has 2 heteroatoms. The minimum Gasteiger partial charge on any atom is -0.496 e. The van der Waals surface area contributed by atoms with Crippen molar-refractivity contribution >= 4 is 0 Å². The highest BCUT2D eigenvalue weighted by molar-refractivity contribution is 5.44. The van der Waals surface area contributed by atoms with Crippen molar-refractivity contribution in [2.75, 3.05) is 7.11 Å². The minimum absolute atomic E-state index is 0.301. The van der Waals surface area contributed by atoms with E-state index >= 15 is 0 Å². The van der Waals surface area contributed by atoms with Crippen molar-refractivity contribution in [1.29, 1.82) is 0 Å². The second-order valence-corrected chi connectivity index (χ2v) is 4.02. The van der Waals surface area contributed by atoms with Crippen LogP contribution in [0.1, 0.15) is 30.4 Å². The number of fused-ring (bicyclic) bond motifs is 1. The predicted octanol–water partition coefficient (Wildman–Crippen LogP) is 2.07. The van der Waals surface area contributed by atoms with E-state index in [-0.39, 0.29) is 0 Å². The number of ether oxygens (including phenoxy) is 1. The molecule has 0 fully saturated rings. The van der Waals surface area contributed by atoms with Crippen LogP contribution < -0.4 is 10.5 Å². The van der Waals surface area contributed by atoms with Gasteiger partial charge in [-0.05, 0) is 36.0 Å². The van der Waals surface area contributed by atoms with Crippen molar-refractivity contribution in [2.45, 2.75) is 31.7 Å². The quantitative estimate of drug-likeness (QED) is 0.737. The molecule has 2 unspecified atom stereocenters. The molecule has 2 nitrogen and oxygen atoms in total. The molecule has 1 aliphatic rings. The number of hydrogen-bond donors (Lipinski definition) is 1. The SMILES string of the molecule is COc1cccc2c1CCC(N)C2C. The van der Waals surface area contributed by atoms with E-state index in [1.54, 1.807) is 7.11 Å². The van der Waals surface area contributed by atoms with Gasteiger partial charge >= 0.3 is 0 Å². The fourth-order valence-electron chi connectivity index (χ4n) is 2.26. The Kier molecular flexibility index (Phi) is 2.46. The van der Waals surface area contributed by atoms with Crippen LogP contribution in [0.5, 0.6) is 5.75 Å². The Morgan fingerprint density at radius 3 is 2.93 bits per heavy atom. The standard InChI is InChI=1S/C12H17NO/c1-8-9-4-3-5-12(14-2)10(9)6-7-11(8)13/h3-5,8,11H,6-7,13H2,1-2H3. The number of hydrogen-bond acceptors (Lipinski definition) is 2. The first-order valence-corrected chi connectivity index (χ1v) is 5.15. The van der Waals surface area contributed by atoms with Crippen LogP contribution in [-0.2, 0) is 6.42 Å². The number of rotatable bonds is 1. The van der Waals surface area contributed by atoms with Crippen LogP contribution in [0, 0.1) is 0 Å². The monoisotopic (exact) mass is 191 g/mol. The maximum atomic E-state index is 6.04. The Labute approximate surface area is 85.1 Å². The zero-order valence-corrected chi connectivity index (χ0v) is 8.79. The van der Waals surface area contributed by atoms with Gasteiger partial charge in [-0.3, -0.25) is 0 Å². The van der Waals surface area contributed by atoms with Crippen LogP contribution in [0.3, 0.4) is 0 Å². The average molecular weight is 191 g/mol. The molecule has 0 heterocycles. The van der Waals surface area contributed by atoms with Gasteiger partial charge in [0.05, 0.1) is 7.11 Å². The van der Waals surface area contributed by atoms with E-state index in [1.165, 1.54) is 11.1 Å². The number of methoxy groups -OCH3 is 1. The summed E-state index contributed by atoms with van der Waals surface area (Å²) in [6.45, 7) is 2.20. The molecule has 76 valence electrons. The lowest BCUT2D eigenvalue weighted by Gasteiger charge is -2.29. The first kappa shape index (κ1) is 9.53. The second-order valence-electron chi connectivity index (χ2n) is 4.02. The molecule has 2 rings (SSSR count). The third-order valence-corrected chi connectivity index (χ3v) is 3.25. The smallest absolute Gasteiger partial charge is 0.122 e. The van der Waals surface area contributed by atoms with Gasteiger partial charge < -0.3 is 10.5 Å². The molecular formula is C12H17NO. The fraction of sp³-hybridized carbons (Fsp3) is 0.500. The summed E-state index contributed by atoms with van der Waals surface area (Å²) in [6.07, 6.45) is 2.11. The minimum atomic E-state index is 0.301. The third kappa shape index (κ3) is 1.40. The summed E-state index contributed by atoms with van der Waals surface area (Å²) in [4.78, 5) is 0. The van der Waals surface area contributed by atoms with Gasteiger partial charge in [0.15, 0.2) is 0 Å². The molecule has 0 bridgehead atoms. The second kappa shape index (κ2) is 3.62. The van der Waals surface area contributed by atoms with E-state index < -0.39 is 0 Å². The fourth-order valence-corrected chi connectivity index (χ4v) is 2.26. The largest absolute Gasteiger partial charge is 0.496 e. The summed E-state index contributed by atoms with van der Waals surface area (Å²) in [7, 11) is 1.73. The summed E-state index contributed by atoms with van der Waals surface area (Å²) in [6, 6.07) is 6.55. The Balaban J connectivity index is 2.47. The number of nitrogens with two attached hydrogens (primary N) is 1. The predicted molar refractivity (Wildman–Crippen MR) is 57.7 cm³/mol. The summed E-state index contributed by atoms with van der Waals surface area (Å²) >= 11 is 0. The van der Waals surface area contributed by atoms with Gasteiger partial charge in [-0.2, -0.15) is 0 Å². The average Bonchev–Trinajstić information content (AvgIpc) is 2.23. The van der Waals surface area contributed by atoms with E-state index in [0.717, 1.165) is 18.6 Å². The molecular weight excluding hydrogens is 174 g/mol. The van der Waals surface area contributed by atoms with Crippen molar-refractivity contribution in [1.82, 2.24) is 0 Å². The van der Waals surface area contributed by atoms with E-state index in [2.05, 4.69) is 13.0 Å². The van der Waals surface area contributed by atoms with Crippen LogP contribution in [0.15, 0.2) is 18.2 Å². The molecule has 1 aromatic carbocycles. The third-order valence-electron chi connectivity index (χ3n) is 3.25. The highest BCUT2D eigenvalue weighted by Gasteiger charge is 2.24. The lowest BCUT2D eigenvalue weighted by Crippen LogP contribution is -2.31. The highest BCUT2D eigenvalue weighted by atomic mass is 16.5. The van der Waals surface area contributed by atoms with E-state index in [9.17, 15) is 0 Å². The maximum absolute atomic E-state index is 6.04. The molecule has 0 aromatic heterocycles. The lowest BCUT2D eigenvalue weighted by atomic mass is 9.80. The van der Waals surface area contributed by atoms with Crippen molar-refractivity contribution in [3.8, 4) is 5.75 Å². The number of benzene rings is 1. The zero-order valence-electron chi connectivity index (χ0n) is 8.79. The highest BCUT2D eigenvalue weighted by Crippen LogP contribution is 2.35. The van der Waals surface area contributed by atoms with Crippen LogP contribution >= 0.6 is 0 Å². The molecule has 0 aliphatic heterocycles. The van der Waals surface area contributed by atoms with Gasteiger partial charge in [0, 0.05) is 6.04 Å². The van der Waals surface area contributed by atoms with Gasteiger partial charge in [0.25, 0.3) is 0 Å². The Morgan fingerprint density at radius 2 is 2.21 bits per heavy atom. The van der Waals surface area contributed by atoms with Crippen LogP contribution in [0.2, 0.25) is 0 Å². The Hall–Kier alpha value is -1.02. The van der Waals surface area contributed by atoms with Crippen LogP contribution in [-0.4, -0.2) is 13.2 Å². The van der Waals surface area contributed by atoms with Crippen molar-refractivity contribution in [3.05, 3.63) is 29.3 Å². The summed E-state index contributed by atoms with van der Waals surface area (Å²) in [5, 5.41) is 0. The first-order valence-electron chi connectivity index (χ1n) is 5.15. The summed E-state index contributed by atoms with van der Waals surface area (Å²) in [5.74, 6) is 1.47. The van der Waals surface area contributed by atoms with E-state index in [0.29, 0.717) is 12.0 Å². The molecule has 2 N–H and O–H groups in total. The van der Waals surface area contributed by atoms with Gasteiger partial charge in [-0.15, -0.1) is 0 Å². The summed E-state index contributed by atoms with van der Waals surface area (Å²) < 4.78 is 5.36. The van der Waals surface area contributed by atoms with Gasteiger partial charge in [-0.25, -0.2) is 0 Å². The van der Waals surface area contributed by atoms with E-state index in [1.807, 2.05) is 12.1 Å². The topological polar surface area (TPSA) is 35.2 Å². The Morgan fingerprint density at radius 1 is 1.43 bits per heavy atom. The molecule has 1 aliphatic carbocycles. The molecule has 0 spiro atoms. The normalized spacial score (nSPS) is 25.6. The van der Waals surface area contributed by atoms with Crippen molar-refractivity contribution < 1.29 is 4.74 Å². The molecule has 0 amide bonds. The van der Waals surface area contributed by atoms with E-state index in [4.69, 9.17) is 10.5 Å². The van der Waals surface area contributed by atoms with Crippen LogP contribution in [0.25, 0.3) is 0 Å².